The van der Waals surface area contributed by atoms with Crippen LogP contribution in [0, 0.1) is 5.82 Å². The monoisotopic (exact) mass is 279 g/mol. The Labute approximate surface area is 122 Å². The molecule has 0 spiro atoms. The molecule has 0 aliphatic carbocycles. The summed E-state index contributed by atoms with van der Waals surface area (Å²) in [5, 5.41) is 2.27. The fraction of sp³-hybridized carbons (Fsp3) is 0.111. The summed E-state index contributed by atoms with van der Waals surface area (Å²) >= 11 is 0. The number of hydrogen-bond acceptors (Lipinski definition) is 0. The van der Waals surface area contributed by atoms with E-state index in [2.05, 4.69) is 52.5 Å². The molecule has 4 rings (SSSR count). The van der Waals surface area contributed by atoms with Crippen molar-refractivity contribution in [2.24, 2.45) is 0 Å². The Bertz CT molecular complexity index is 791. The molecule has 1 atom stereocenters. The smallest absolute Gasteiger partial charge is 0.153 e. The minimum absolute atomic E-state index is 0.114. The lowest BCUT2D eigenvalue weighted by molar-refractivity contribution is -0.702. The Morgan fingerprint density at radius 2 is 1.90 bits per heavy atom. The minimum atomic E-state index is -0.180. The van der Waals surface area contributed by atoms with Gasteiger partial charge in [0.25, 0.3) is 0 Å². The average Bonchev–Trinajstić information content (AvgIpc) is 2.92. The van der Waals surface area contributed by atoms with Crippen molar-refractivity contribution in [3.8, 4) is 5.69 Å². The van der Waals surface area contributed by atoms with Crippen molar-refractivity contribution >= 4 is 0 Å². The highest BCUT2D eigenvalue weighted by Crippen LogP contribution is 2.26. The van der Waals surface area contributed by atoms with Crippen LogP contribution in [0.3, 0.4) is 0 Å². The second-order valence-corrected chi connectivity index (χ2v) is 5.40. The molecule has 0 unspecified atom stereocenters. The molecule has 3 heteroatoms. The van der Waals surface area contributed by atoms with Crippen LogP contribution in [0.25, 0.3) is 5.69 Å². The Balaban J connectivity index is 1.87. The highest BCUT2D eigenvalue weighted by Gasteiger charge is 2.26. The molecule has 0 saturated carbocycles. The number of halogens is 1. The average molecular weight is 279 g/mol. The fourth-order valence-electron chi connectivity index (χ4n) is 3.16. The first-order valence-electron chi connectivity index (χ1n) is 7.17. The van der Waals surface area contributed by atoms with Crippen molar-refractivity contribution in [2.75, 3.05) is 0 Å². The summed E-state index contributed by atoms with van der Waals surface area (Å²) in [6, 6.07) is 19.6. The van der Waals surface area contributed by atoms with E-state index >= 15 is 0 Å². The van der Waals surface area contributed by atoms with Crippen molar-refractivity contribution < 1.29 is 9.71 Å². The van der Waals surface area contributed by atoms with E-state index in [-0.39, 0.29) is 11.9 Å². The number of hydrogen-bond donors (Lipinski definition) is 1. The quantitative estimate of drug-likeness (QED) is 0.707. The molecule has 2 N–H and O–H groups in total. The van der Waals surface area contributed by atoms with Crippen LogP contribution in [0.15, 0.2) is 66.9 Å². The number of para-hydroxylation sites is 1. The van der Waals surface area contributed by atoms with E-state index in [9.17, 15) is 4.39 Å². The van der Waals surface area contributed by atoms with E-state index in [0.717, 1.165) is 12.1 Å². The molecule has 2 heterocycles. The summed E-state index contributed by atoms with van der Waals surface area (Å²) in [4.78, 5) is 0. The summed E-state index contributed by atoms with van der Waals surface area (Å²) in [6.07, 6.45) is 2.08. The molecule has 2 aromatic carbocycles. The lowest BCUT2D eigenvalue weighted by atomic mass is 10.0. The van der Waals surface area contributed by atoms with E-state index in [1.165, 1.54) is 23.0 Å². The van der Waals surface area contributed by atoms with Crippen molar-refractivity contribution in [1.82, 2.24) is 4.57 Å². The van der Waals surface area contributed by atoms with Crippen molar-refractivity contribution in [2.45, 2.75) is 12.6 Å². The van der Waals surface area contributed by atoms with E-state index in [4.69, 9.17) is 0 Å². The Morgan fingerprint density at radius 3 is 2.81 bits per heavy atom. The van der Waals surface area contributed by atoms with Crippen LogP contribution in [-0.2, 0) is 6.54 Å². The van der Waals surface area contributed by atoms with Gasteiger partial charge >= 0.3 is 0 Å². The molecule has 0 bridgehead atoms. The molecule has 1 aliphatic rings. The first kappa shape index (κ1) is 12.4. The summed E-state index contributed by atoms with van der Waals surface area (Å²) < 4.78 is 15.8. The van der Waals surface area contributed by atoms with Crippen LogP contribution in [0.1, 0.15) is 22.9 Å². The molecule has 21 heavy (non-hydrogen) atoms. The lowest BCUT2D eigenvalue weighted by Gasteiger charge is -2.14. The van der Waals surface area contributed by atoms with Gasteiger partial charge in [-0.05, 0) is 30.3 Å². The van der Waals surface area contributed by atoms with E-state index < -0.39 is 0 Å². The summed E-state index contributed by atoms with van der Waals surface area (Å²) in [7, 11) is 0. The third kappa shape index (κ3) is 2.06. The second kappa shape index (κ2) is 4.86. The molecule has 0 saturated heterocycles. The van der Waals surface area contributed by atoms with Crippen LogP contribution >= 0.6 is 0 Å². The molecule has 1 aromatic heterocycles. The van der Waals surface area contributed by atoms with E-state index in [0.29, 0.717) is 0 Å². The van der Waals surface area contributed by atoms with Crippen LogP contribution in [-0.4, -0.2) is 4.57 Å². The number of fused-ring (bicyclic) bond motifs is 3. The molecule has 1 aliphatic heterocycles. The maximum atomic E-state index is 13.6. The van der Waals surface area contributed by atoms with E-state index in [1.54, 1.807) is 12.1 Å². The number of nitrogens with two attached hydrogens (primary N) is 1. The molecule has 0 radical (unpaired) electrons. The maximum Gasteiger partial charge on any atom is 0.153 e. The zero-order chi connectivity index (χ0) is 14.2. The van der Waals surface area contributed by atoms with Gasteiger partial charge in [-0.1, -0.05) is 30.3 Å². The van der Waals surface area contributed by atoms with Crippen LogP contribution < -0.4 is 5.32 Å². The van der Waals surface area contributed by atoms with Crippen molar-refractivity contribution in [3.05, 3.63) is 89.5 Å². The third-order valence-corrected chi connectivity index (χ3v) is 4.13. The lowest BCUT2D eigenvalue weighted by Crippen LogP contribution is -2.83. The van der Waals surface area contributed by atoms with Gasteiger partial charge in [-0.3, -0.25) is 0 Å². The standard InChI is InChI=1S/C18H15FN2/c19-15-7-3-6-13(11-15)18-17-9-4-10-21(17)16-8-2-1-5-14(16)12-20-18/h1-11,18,20H,12H2/p+1/t18-/m1/s1. The van der Waals surface area contributed by atoms with Gasteiger partial charge in [0.2, 0.25) is 0 Å². The SMILES string of the molecule is Fc1cccc([C@H]2[NH2+]Cc3ccccc3-n3cccc32)c1. The van der Waals surface area contributed by atoms with Gasteiger partial charge in [0.15, 0.2) is 6.04 Å². The number of nitrogens with zero attached hydrogens (tertiary/aromatic N) is 1. The minimum Gasteiger partial charge on any atom is -0.331 e. The molecular weight excluding hydrogens is 263 g/mol. The number of benzene rings is 2. The molecule has 3 aromatic rings. The zero-order valence-electron chi connectivity index (χ0n) is 11.5. The predicted octanol–water partition coefficient (Wildman–Crippen LogP) is 2.78. The maximum absolute atomic E-state index is 13.6. The van der Waals surface area contributed by atoms with E-state index in [1.807, 2.05) is 6.07 Å². The molecule has 0 amide bonds. The molecule has 0 fully saturated rings. The summed E-state index contributed by atoms with van der Waals surface area (Å²) in [5.41, 5.74) is 4.70. The summed E-state index contributed by atoms with van der Waals surface area (Å²) in [5.74, 6) is -0.180. The van der Waals surface area contributed by atoms with Crippen LogP contribution in [0.2, 0.25) is 0 Å². The second-order valence-electron chi connectivity index (χ2n) is 5.40. The Morgan fingerprint density at radius 1 is 1.00 bits per heavy atom. The molecule has 104 valence electrons. The van der Waals surface area contributed by atoms with Gasteiger partial charge < -0.3 is 9.88 Å². The fourth-order valence-corrected chi connectivity index (χ4v) is 3.16. The molecule has 2 nitrogen and oxygen atoms in total. The Hall–Kier alpha value is -2.39. The van der Waals surface area contributed by atoms with Gasteiger partial charge in [0.05, 0.1) is 11.4 Å². The van der Waals surface area contributed by atoms with Crippen LogP contribution in [0.4, 0.5) is 4.39 Å². The first-order valence-corrected chi connectivity index (χ1v) is 7.17. The van der Waals surface area contributed by atoms with Crippen LogP contribution in [0.5, 0.6) is 0 Å². The highest BCUT2D eigenvalue weighted by atomic mass is 19.1. The van der Waals surface area contributed by atoms with Gasteiger partial charge in [-0.25, -0.2) is 4.39 Å². The molecular formula is C18H16FN2+. The Kier molecular flexibility index (Phi) is 2.86. The topological polar surface area (TPSA) is 21.5 Å². The summed E-state index contributed by atoms with van der Waals surface area (Å²) in [6.45, 7) is 0.888. The first-order chi connectivity index (χ1) is 10.3. The largest absolute Gasteiger partial charge is 0.331 e. The number of aromatic nitrogens is 1. The predicted molar refractivity (Wildman–Crippen MR) is 79.6 cm³/mol. The number of quaternary nitrogens is 1. The van der Waals surface area contributed by atoms with Crippen molar-refractivity contribution in [1.29, 1.82) is 0 Å². The van der Waals surface area contributed by atoms with Gasteiger partial charge in [-0.15, -0.1) is 0 Å². The van der Waals surface area contributed by atoms with Crippen molar-refractivity contribution in [3.63, 3.8) is 0 Å². The normalized spacial score (nSPS) is 16.9. The van der Waals surface area contributed by atoms with Gasteiger partial charge in [0.1, 0.15) is 12.4 Å². The highest BCUT2D eigenvalue weighted by molar-refractivity contribution is 5.45. The zero-order valence-corrected chi connectivity index (χ0v) is 11.5. The number of rotatable bonds is 1. The van der Waals surface area contributed by atoms with Gasteiger partial charge in [0, 0.05) is 17.3 Å². The van der Waals surface area contributed by atoms with Gasteiger partial charge in [-0.2, -0.15) is 0 Å². The third-order valence-electron chi connectivity index (χ3n) is 4.13.